The molecule has 2 aromatic carbocycles. The van der Waals surface area contributed by atoms with Crippen LogP contribution in [0.15, 0.2) is 72.9 Å². The normalized spacial score (nSPS) is 13.8. The molecule has 4 rings (SSSR count). The van der Waals surface area contributed by atoms with Crippen LogP contribution >= 0.6 is 0 Å². The van der Waals surface area contributed by atoms with E-state index in [4.69, 9.17) is 9.47 Å². The maximum Gasteiger partial charge on any atom is 0.255 e. The van der Waals surface area contributed by atoms with Gasteiger partial charge in [-0.15, -0.1) is 0 Å². The number of nitrogens with one attached hydrogen (secondary N) is 1. The molecule has 3 aromatic rings. The number of benzene rings is 2. The number of aromatic nitrogens is 1. The van der Waals surface area contributed by atoms with E-state index < -0.39 is 0 Å². The first-order valence-electron chi connectivity index (χ1n) is 9.21. The zero-order chi connectivity index (χ0) is 19.2. The van der Waals surface area contributed by atoms with Gasteiger partial charge in [0.1, 0.15) is 11.6 Å². The summed E-state index contributed by atoms with van der Waals surface area (Å²) in [5, 5.41) is 2.94. The van der Waals surface area contributed by atoms with E-state index in [0.29, 0.717) is 36.0 Å². The molecule has 2 heterocycles. The highest BCUT2D eigenvalue weighted by Gasteiger charge is 2.15. The first-order valence-corrected chi connectivity index (χ1v) is 9.21. The van der Waals surface area contributed by atoms with Crippen molar-refractivity contribution in [2.24, 2.45) is 0 Å². The third-order valence-corrected chi connectivity index (χ3v) is 4.45. The highest BCUT2D eigenvalue weighted by atomic mass is 16.5. The van der Waals surface area contributed by atoms with Crippen LogP contribution in [0.1, 0.15) is 10.4 Å². The van der Waals surface area contributed by atoms with Gasteiger partial charge in [0.05, 0.1) is 18.9 Å². The van der Waals surface area contributed by atoms with Gasteiger partial charge in [0.2, 0.25) is 0 Å². The standard InChI is InChI=1S/C22H21N3O3/c26-22(17-10-11-23-21(16-17)25-12-14-27-15-13-25)24-19-8-4-5-9-20(19)28-18-6-2-1-3-7-18/h1-11,16H,12-15H2,(H,24,26). The number of hydrogen-bond donors (Lipinski definition) is 1. The molecule has 0 aliphatic carbocycles. The lowest BCUT2D eigenvalue weighted by Gasteiger charge is -2.27. The number of para-hydroxylation sites is 3. The van der Waals surface area contributed by atoms with Gasteiger partial charge in [-0.05, 0) is 36.4 Å². The van der Waals surface area contributed by atoms with Gasteiger partial charge in [-0.3, -0.25) is 4.79 Å². The van der Waals surface area contributed by atoms with Crippen molar-refractivity contribution < 1.29 is 14.3 Å². The fourth-order valence-corrected chi connectivity index (χ4v) is 2.99. The van der Waals surface area contributed by atoms with Crippen molar-refractivity contribution >= 4 is 17.4 Å². The molecule has 0 spiro atoms. The molecule has 0 bridgehead atoms. The smallest absolute Gasteiger partial charge is 0.255 e. The Morgan fingerprint density at radius 1 is 1.00 bits per heavy atom. The fourth-order valence-electron chi connectivity index (χ4n) is 2.99. The van der Waals surface area contributed by atoms with Crippen LogP contribution in [-0.4, -0.2) is 37.2 Å². The summed E-state index contributed by atoms with van der Waals surface area (Å²) < 4.78 is 11.3. The average Bonchev–Trinajstić information content (AvgIpc) is 2.76. The fraction of sp³-hybridized carbons (Fsp3) is 0.182. The second-order valence-electron chi connectivity index (χ2n) is 6.37. The van der Waals surface area contributed by atoms with E-state index in [9.17, 15) is 4.79 Å². The molecule has 1 saturated heterocycles. The van der Waals surface area contributed by atoms with Crippen molar-refractivity contribution in [1.29, 1.82) is 0 Å². The van der Waals surface area contributed by atoms with Crippen LogP contribution in [0.2, 0.25) is 0 Å². The highest BCUT2D eigenvalue weighted by molar-refractivity contribution is 6.05. The Hall–Kier alpha value is -3.38. The van der Waals surface area contributed by atoms with Crippen LogP contribution in [0.3, 0.4) is 0 Å². The lowest BCUT2D eigenvalue weighted by molar-refractivity contribution is 0.102. The van der Waals surface area contributed by atoms with Gasteiger partial charge in [-0.25, -0.2) is 4.98 Å². The summed E-state index contributed by atoms with van der Waals surface area (Å²) in [6, 6.07) is 20.4. The predicted molar refractivity (Wildman–Crippen MR) is 108 cm³/mol. The minimum absolute atomic E-state index is 0.207. The first kappa shape index (κ1) is 18.0. The Kier molecular flexibility index (Phi) is 5.49. The monoisotopic (exact) mass is 375 g/mol. The van der Waals surface area contributed by atoms with Gasteiger partial charge in [0.15, 0.2) is 5.75 Å². The van der Waals surface area contributed by atoms with Crippen molar-refractivity contribution in [3.63, 3.8) is 0 Å². The number of morpholine rings is 1. The maximum atomic E-state index is 12.8. The van der Waals surface area contributed by atoms with Gasteiger partial charge in [0, 0.05) is 24.8 Å². The van der Waals surface area contributed by atoms with E-state index in [1.54, 1.807) is 18.3 Å². The largest absolute Gasteiger partial charge is 0.455 e. The van der Waals surface area contributed by atoms with E-state index in [1.807, 2.05) is 54.6 Å². The molecule has 142 valence electrons. The second-order valence-corrected chi connectivity index (χ2v) is 6.37. The van der Waals surface area contributed by atoms with Crippen molar-refractivity contribution in [2.75, 3.05) is 36.5 Å². The van der Waals surface area contributed by atoms with E-state index >= 15 is 0 Å². The number of carbonyl (C=O) groups excluding carboxylic acids is 1. The molecule has 28 heavy (non-hydrogen) atoms. The Labute approximate surface area is 163 Å². The van der Waals surface area contributed by atoms with Crippen LogP contribution in [0.25, 0.3) is 0 Å². The number of ether oxygens (including phenoxy) is 2. The van der Waals surface area contributed by atoms with Gasteiger partial charge < -0.3 is 19.7 Å². The molecule has 0 saturated carbocycles. The second kappa shape index (κ2) is 8.54. The lowest BCUT2D eigenvalue weighted by Crippen LogP contribution is -2.36. The summed E-state index contributed by atoms with van der Waals surface area (Å²) in [5.74, 6) is 1.87. The summed E-state index contributed by atoms with van der Waals surface area (Å²) in [6.07, 6.45) is 1.66. The number of pyridine rings is 1. The van der Waals surface area contributed by atoms with E-state index in [0.717, 1.165) is 18.9 Å². The molecule has 0 radical (unpaired) electrons. The number of rotatable bonds is 5. The number of amides is 1. The Balaban J connectivity index is 1.51. The number of anilines is 2. The van der Waals surface area contributed by atoms with Gasteiger partial charge in [0.25, 0.3) is 5.91 Å². The topological polar surface area (TPSA) is 63.7 Å². The third kappa shape index (κ3) is 4.29. The Bertz CT molecular complexity index is 941. The van der Waals surface area contributed by atoms with Crippen LogP contribution in [-0.2, 0) is 4.74 Å². The minimum atomic E-state index is -0.207. The lowest BCUT2D eigenvalue weighted by atomic mass is 10.2. The molecule has 1 aliphatic rings. The van der Waals surface area contributed by atoms with Crippen molar-refractivity contribution in [1.82, 2.24) is 4.98 Å². The molecule has 6 nitrogen and oxygen atoms in total. The predicted octanol–water partition coefficient (Wildman–Crippen LogP) is 3.96. The molecule has 1 amide bonds. The Morgan fingerprint density at radius 2 is 1.75 bits per heavy atom. The van der Waals surface area contributed by atoms with Crippen LogP contribution < -0.4 is 15.0 Å². The molecular weight excluding hydrogens is 354 g/mol. The molecule has 1 aromatic heterocycles. The summed E-state index contributed by atoms with van der Waals surface area (Å²) in [6.45, 7) is 2.88. The van der Waals surface area contributed by atoms with Crippen molar-refractivity contribution in [3.8, 4) is 11.5 Å². The molecular formula is C22H21N3O3. The van der Waals surface area contributed by atoms with Gasteiger partial charge in [-0.2, -0.15) is 0 Å². The SMILES string of the molecule is O=C(Nc1ccccc1Oc1ccccc1)c1ccnc(N2CCOCC2)c1. The number of carbonyl (C=O) groups is 1. The molecule has 1 N–H and O–H groups in total. The summed E-state index contributed by atoms with van der Waals surface area (Å²) >= 11 is 0. The van der Waals surface area contributed by atoms with Crippen molar-refractivity contribution in [2.45, 2.75) is 0 Å². The molecule has 1 fully saturated rings. The highest BCUT2D eigenvalue weighted by Crippen LogP contribution is 2.29. The first-order chi connectivity index (χ1) is 13.8. The number of nitrogens with zero attached hydrogens (tertiary/aromatic N) is 2. The summed E-state index contributed by atoms with van der Waals surface area (Å²) in [7, 11) is 0. The van der Waals surface area contributed by atoms with E-state index in [1.165, 1.54) is 0 Å². The van der Waals surface area contributed by atoms with Crippen LogP contribution in [0.4, 0.5) is 11.5 Å². The van der Waals surface area contributed by atoms with Crippen LogP contribution in [0.5, 0.6) is 11.5 Å². The Morgan fingerprint density at radius 3 is 2.57 bits per heavy atom. The quantitative estimate of drug-likeness (QED) is 0.731. The third-order valence-electron chi connectivity index (χ3n) is 4.45. The summed E-state index contributed by atoms with van der Waals surface area (Å²) in [5.41, 5.74) is 1.16. The molecule has 0 unspecified atom stereocenters. The zero-order valence-electron chi connectivity index (χ0n) is 15.4. The average molecular weight is 375 g/mol. The minimum Gasteiger partial charge on any atom is -0.455 e. The van der Waals surface area contributed by atoms with Gasteiger partial charge in [-0.1, -0.05) is 30.3 Å². The van der Waals surface area contributed by atoms with Gasteiger partial charge >= 0.3 is 0 Å². The molecule has 1 aliphatic heterocycles. The molecule has 0 atom stereocenters. The molecule has 6 heteroatoms. The zero-order valence-corrected chi connectivity index (χ0v) is 15.4. The maximum absolute atomic E-state index is 12.8. The van der Waals surface area contributed by atoms with Crippen LogP contribution in [0, 0.1) is 0 Å². The number of hydrogen-bond acceptors (Lipinski definition) is 5. The van der Waals surface area contributed by atoms with E-state index in [2.05, 4.69) is 15.2 Å². The van der Waals surface area contributed by atoms with E-state index in [-0.39, 0.29) is 5.91 Å². The van der Waals surface area contributed by atoms with Crippen molar-refractivity contribution in [3.05, 3.63) is 78.5 Å². The summed E-state index contributed by atoms with van der Waals surface area (Å²) in [4.78, 5) is 19.3.